The second-order valence-corrected chi connectivity index (χ2v) is 4.71. The van der Waals surface area contributed by atoms with Crippen LogP contribution in [0.3, 0.4) is 0 Å². The summed E-state index contributed by atoms with van der Waals surface area (Å²) < 4.78 is 4.19. The molecule has 1 aliphatic rings. The minimum Gasteiger partial charge on any atom is -0.352 e. The molecule has 1 aliphatic carbocycles. The normalized spacial score (nSPS) is 14.8. The molecule has 0 unspecified atom stereocenters. The maximum absolute atomic E-state index is 11.4. The molecule has 1 aromatic heterocycles. The van der Waals surface area contributed by atoms with Gasteiger partial charge in [-0.15, -0.1) is 0 Å². The maximum Gasteiger partial charge on any atom is 0.239 e. The molecular weight excluding hydrogens is 224 g/mol. The predicted molar refractivity (Wildman–Crippen MR) is 63.6 cm³/mol. The summed E-state index contributed by atoms with van der Waals surface area (Å²) in [6.07, 6.45) is 4.17. The first kappa shape index (κ1) is 11.3. The zero-order valence-electron chi connectivity index (χ0n) is 9.32. The van der Waals surface area contributed by atoms with Crippen molar-refractivity contribution in [1.29, 1.82) is 0 Å². The van der Waals surface area contributed by atoms with Crippen LogP contribution in [-0.4, -0.2) is 27.9 Å². The van der Waals surface area contributed by atoms with Crippen molar-refractivity contribution in [1.82, 2.24) is 14.7 Å². The van der Waals surface area contributed by atoms with Crippen molar-refractivity contribution in [2.45, 2.75) is 38.6 Å². The van der Waals surface area contributed by atoms with Crippen molar-refractivity contribution in [3.8, 4) is 0 Å². The Morgan fingerprint density at radius 3 is 3.06 bits per heavy atom. The molecule has 2 rings (SSSR count). The number of hydrogen-bond donors (Lipinski definition) is 2. The highest BCUT2D eigenvalue weighted by Gasteiger charge is 2.22. The standard InChI is InChI=1S/C10H16N4OS/c1-2-3-8-13-10(16-14-8)11-6-9(15)12-7-4-5-7/h7H,2-6H2,1H3,(H,12,15)(H,11,13,14). The summed E-state index contributed by atoms with van der Waals surface area (Å²) in [6.45, 7) is 2.38. The first-order valence-electron chi connectivity index (χ1n) is 5.63. The van der Waals surface area contributed by atoms with E-state index in [-0.39, 0.29) is 12.5 Å². The Morgan fingerprint density at radius 1 is 1.56 bits per heavy atom. The Kier molecular flexibility index (Phi) is 3.71. The fourth-order valence-corrected chi connectivity index (χ4v) is 1.92. The zero-order chi connectivity index (χ0) is 11.4. The molecule has 1 saturated carbocycles. The average molecular weight is 240 g/mol. The summed E-state index contributed by atoms with van der Waals surface area (Å²) in [7, 11) is 0. The van der Waals surface area contributed by atoms with Gasteiger partial charge in [0.2, 0.25) is 11.0 Å². The second-order valence-electron chi connectivity index (χ2n) is 3.96. The minimum absolute atomic E-state index is 0.0368. The molecule has 0 radical (unpaired) electrons. The van der Waals surface area contributed by atoms with Crippen LogP contribution in [0.2, 0.25) is 0 Å². The molecule has 88 valence electrons. The van der Waals surface area contributed by atoms with Gasteiger partial charge in [0.1, 0.15) is 5.82 Å². The molecule has 0 aromatic carbocycles. The van der Waals surface area contributed by atoms with Gasteiger partial charge in [-0.2, -0.15) is 4.37 Å². The molecule has 0 bridgehead atoms. The van der Waals surface area contributed by atoms with Gasteiger partial charge in [0, 0.05) is 24.0 Å². The molecule has 1 amide bonds. The van der Waals surface area contributed by atoms with E-state index in [4.69, 9.17) is 0 Å². The summed E-state index contributed by atoms with van der Waals surface area (Å²) in [6, 6.07) is 0.416. The van der Waals surface area contributed by atoms with Gasteiger partial charge in [0.25, 0.3) is 0 Å². The highest BCUT2D eigenvalue weighted by molar-refractivity contribution is 7.09. The number of hydrogen-bond acceptors (Lipinski definition) is 5. The molecule has 0 saturated heterocycles. The number of carbonyl (C=O) groups is 1. The average Bonchev–Trinajstić information content (AvgIpc) is 2.95. The van der Waals surface area contributed by atoms with Crippen LogP contribution in [0.25, 0.3) is 0 Å². The van der Waals surface area contributed by atoms with Crippen molar-refractivity contribution in [3.05, 3.63) is 5.82 Å². The van der Waals surface area contributed by atoms with Gasteiger partial charge in [-0.3, -0.25) is 4.79 Å². The SMILES string of the molecule is CCCc1nsc(NCC(=O)NC2CC2)n1. The number of carbonyl (C=O) groups excluding carboxylic acids is 1. The number of nitrogens with one attached hydrogen (secondary N) is 2. The van der Waals surface area contributed by atoms with E-state index in [2.05, 4.69) is 26.9 Å². The van der Waals surface area contributed by atoms with Gasteiger partial charge in [0.15, 0.2) is 0 Å². The number of amides is 1. The third-order valence-electron chi connectivity index (χ3n) is 2.28. The first-order chi connectivity index (χ1) is 7.78. The van der Waals surface area contributed by atoms with Gasteiger partial charge < -0.3 is 10.6 Å². The van der Waals surface area contributed by atoms with Crippen molar-refractivity contribution in [2.75, 3.05) is 11.9 Å². The van der Waals surface area contributed by atoms with Crippen LogP contribution in [0.4, 0.5) is 5.13 Å². The number of nitrogens with zero attached hydrogens (tertiary/aromatic N) is 2. The lowest BCUT2D eigenvalue weighted by atomic mass is 10.3. The molecule has 0 spiro atoms. The third kappa shape index (κ3) is 3.44. The van der Waals surface area contributed by atoms with Crippen LogP contribution in [-0.2, 0) is 11.2 Å². The van der Waals surface area contributed by atoms with Crippen LogP contribution < -0.4 is 10.6 Å². The lowest BCUT2D eigenvalue weighted by Gasteiger charge is -2.02. The Balaban J connectivity index is 1.72. The van der Waals surface area contributed by atoms with E-state index >= 15 is 0 Å². The Labute approximate surface area is 98.8 Å². The highest BCUT2D eigenvalue weighted by atomic mass is 32.1. The third-order valence-corrected chi connectivity index (χ3v) is 2.99. The van der Waals surface area contributed by atoms with Gasteiger partial charge >= 0.3 is 0 Å². The van der Waals surface area contributed by atoms with E-state index in [1.165, 1.54) is 11.5 Å². The Morgan fingerprint density at radius 2 is 2.38 bits per heavy atom. The zero-order valence-corrected chi connectivity index (χ0v) is 10.1. The molecule has 0 aliphatic heterocycles. The second kappa shape index (κ2) is 5.25. The Bertz CT molecular complexity index is 361. The highest BCUT2D eigenvalue weighted by Crippen LogP contribution is 2.18. The molecular formula is C10H16N4OS. The van der Waals surface area contributed by atoms with E-state index in [1.54, 1.807) is 0 Å². The molecule has 5 nitrogen and oxygen atoms in total. The topological polar surface area (TPSA) is 66.9 Å². The van der Waals surface area contributed by atoms with Crippen molar-refractivity contribution < 1.29 is 4.79 Å². The monoisotopic (exact) mass is 240 g/mol. The summed E-state index contributed by atoms with van der Waals surface area (Å²) in [5.74, 6) is 0.896. The van der Waals surface area contributed by atoms with E-state index in [1.807, 2.05) is 0 Å². The molecule has 0 atom stereocenters. The van der Waals surface area contributed by atoms with Crippen LogP contribution in [0, 0.1) is 0 Å². The number of rotatable bonds is 6. The predicted octanol–water partition coefficient (Wildman–Crippen LogP) is 1.18. The van der Waals surface area contributed by atoms with Crippen LogP contribution in [0.1, 0.15) is 32.0 Å². The summed E-state index contributed by atoms with van der Waals surface area (Å²) >= 11 is 1.31. The van der Waals surface area contributed by atoms with Crippen LogP contribution in [0.15, 0.2) is 0 Å². The van der Waals surface area contributed by atoms with E-state index in [9.17, 15) is 4.79 Å². The molecule has 6 heteroatoms. The molecule has 16 heavy (non-hydrogen) atoms. The molecule has 1 aromatic rings. The van der Waals surface area contributed by atoms with Gasteiger partial charge in [-0.05, 0) is 19.3 Å². The fraction of sp³-hybridized carbons (Fsp3) is 0.700. The summed E-state index contributed by atoms with van der Waals surface area (Å²) in [5.41, 5.74) is 0. The maximum atomic E-state index is 11.4. The van der Waals surface area contributed by atoms with E-state index in [0.29, 0.717) is 6.04 Å². The summed E-state index contributed by atoms with van der Waals surface area (Å²) in [4.78, 5) is 15.7. The number of aryl methyl sites for hydroxylation is 1. The number of aromatic nitrogens is 2. The van der Waals surface area contributed by atoms with Crippen LogP contribution >= 0.6 is 11.5 Å². The largest absolute Gasteiger partial charge is 0.352 e. The minimum atomic E-state index is 0.0368. The lowest BCUT2D eigenvalue weighted by molar-refractivity contribution is -0.119. The van der Waals surface area contributed by atoms with Gasteiger partial charge in [0.05, 0.1) is 6.54 Å². The fourth-order valence-electron chi connectivity index (χ4n) is 1.31. The van der Waals surface area contributed by atoms with E-state index < -0.39 is 0 Å². The lowest BCUT2D eigenvalue weighted by Crippen LogP contribution is -2.31. The van der Waals surface area contributed by atoms with Crippen molar-refractivity contribution >= 4 is 22.6 Å². The summed E-state index contributed by atoms with van der Waals surface area (Å²) in [5, 5.41) is 6.63. The first-order valence-corrected chi connectivity index (χ1v) is 6.41. The van der Waals surface area contributed by atoms with E-state index in [0.717, 1.165) is 36.6 Å². The van der Waals surface area contributed by atoms with Crippen molar-refractivity contribution in [3.63, 3.8) is 0 Å². The number of anilines is 1. The quantitative estimate of drug-likeness (QED) is 0.783. The van der Waals surface area contributed by atoms with Gasteiger partial charge in [-0.25, -0.2) is 4.98 Å². The Hall–Kier alpha value is -1.17. The van der Waals surface area contributed by atoms with Crippen LogP contribution in [0.5, 0.6) is 0 Å². The molecule has 1 fully saturated rings. The molecule has 2 N–H and O–H groups in total. The molecule has 1 heterocycles. The smallest absolute Gasteiger partial charge is 0.239 e. The van der Waals surface area contributed by atoms with Crippen molar-refractivity contribution in [2.24, 2.45) is 0 Å². The van der Waals surface area contributed by atoms with Gasteiger partial charge in [-0.1, -0.05) is 6.92 Å².